The van der Waals surface area contributed by atoms with Gasteiger partial charge in [-0.1, -0.05) is 35.9 Å². The molecule has 1 atom stereocenters. The fourth-order valence-electron chi connectivity index (χ4n) is 5.28. The van der Waals surface area contributed by atoms with Crippen LogP contribution in [-0.2, 0) is 16.0 Å². The van der Waals surface area contributed by atoms with E-state index in [9.17, 15) is 14.4 Å². The van der Waals surface area contributed by atoms with Gasteiger partial charge in [0, 0.05) is 56.5 Å². The summed E-state index contributed by atoms with van der Waals surface area (Å²) in [4.78, 5) is 46.3. The topological polar surface area (TPSA) is 64.2 Å². The number of hydrogen-bond acceptors (Lipinski definition) is 5. The molecule has 2 saturated heterocycles. The summed E-state index contributed by atoms with van der Waals surface area (Å²) in [5.41, 5.74) is 1.37. The minimum Gasteiger partial charge on any atom is -0.368 e. The van der Waals surface area contributed by atoms with E-state index in [1.54, 1.807) is 6.07 Å². The number of urea groups is 1. The van der Waals surface area contributed by atoms with Crippen LogP contribution in [0.25, 0.3) is 0 Å². The van der Waals surface area contributed by atoms with E-state index in [1.807, 2.05) is 42.5 Å². The second-order valence-corrected chi connectivity index (χ2v) is 8.79. The fraction of sp³-hybridized carbons (Fsp3) is 0.348. The molecule has 0 aromatic heterocycles. The van der Waals surface area contributed by atoms with Crippen LogP contribution in [0.1, 0.15) is 5.56 Å². The molecular weight excluding hydrogens is 416 g/mol. The van der Waals surface area contributed by atoms with Crippen LogP contribution in [0.3, 0.4) is 0 Å². The summed E-state index contributed by atoms with van der Waals surface area (Å²) in [5.74, 6) is -0.924. The summed E-state index contributed by atoms with van der Waals surface area (Å²) in [6, 6.07) is 14.6. The SMILES string of the molecule is CN1C(=O)N(C)C(=O)C2(Cc3c(Cl)cccc3N3CCN(c4ccccc4)CC32)C1=O. The van der Waals surface area contributed by atoms with Gasteiger partial charge in [-0.15, -0.1) is 0 Å². The predicted molar refractivity (Wildman–Crippen MR) is 118 cm³/mol. The Morgan fingerprint density at radius 1 is 0.903 bits per heavy atom. The molecule has 2 aromatic rings. The molecular formula is C23H23ClN4O3. The number of nitrogens with zero attached hydrogens (tertiary/aromatic N) is 4. The normalized spacial score (nSPS) is 22.7. The molecule has 0 radical (unpaired) electrons. The number of imide groups is 2. The van der Waals surface area contributed by atoms with Crippen molar-refractivity contribution in [3.63, 3.8) is 0 Å². The van der Waals surface area contributed by atoms with Crippen molar-refractivity contribution in [3.8, 4) is 0 Å². The van der Waals surface area contributed by atoms with Crippen molar-refractivity contribution in [3.05, 3.63) is 59.1 Å². The fourth-order valence-corrected chi connectivity index (χ4v) is 5.52. The molecule has 7 nitrogen and oxygen atoms in total. The molecule has 3 heterocycles. The van der Waals surface area contributed by atoms with E-state index in [-0.39, 0.29) is 6.42 Å². The first-order chi connectivity index (χ1) is 14.9. The van der Waals surface area contributed by atoms with E-state index in [2.05, 4.69) is 9.80 Å². The van der Waals surface area contributed by atoms with Crippen molar-refractivity contribution in [1.29, 1.82) is 0 Å². The molecule has 3 aliphatic heterocycles. The molecule has 0 saturated carbocycles. The number of piperazine rings is 1. The molecule has 1 unspecified atom stereocenters. The number of carbonyl (C=O) groups is 3. The van der Waals surface area contributed by atoms with Gasteiger partial charge >= 0.3 is 6.03 Å². The predicted octanol–water partition coefficient (Wildman–Crippen LogP) is 2.63. The third-order valence-corrected chi connectivity index (χ3v) is 7.23. The highest BCUT2D eigenvalue weighted by Crippen LogP contribution is 2.48. The first-order valence-electron chi connectivity index (χ1n) is 10.3. The number of halogens is 1. The number of barbiturate groups is 1. The number of para-hydroxylation sites is 1. The molecule has 2 fully saturated rings. The van der Waals surface area contributed by atoms with Gasteiger partial charge < -0.3 is 9.80 Å². The highest BCUT2D eigenvalue weighted by atomic mass is 35.5. The Labute approximate surface area is 185 Å². The summed E-state index contributed by atoms with van der Waals surface area (Å²) in [5, 5.41) is 0.531. The van der Waals surface area contributed by atoms with E-state index in [4.69, 9.17) is 11.6 Å². The lowest BCUT2D eigenvalue weighted by molar-refractivity contribution is -0.159. The molecule has 0 aliphatic carbocycles. The van der Waals surface area contributed by atoms with Crippen molar-refractivity contribution >= 4 is 40.8 Å². The van der Waals surface area contributed by atoms with Crippen LogP contribution in [-0.4, -0.2) is 67.4 Å². The van der Waals surface area contributed by atoms with E-state index in [0.717, 1.165) is 33.3 Å². The van der Waals surface area contributed by atoms with Crippen LogP contribution in [0.4, 0.5) is 16.2 Å². The van der Waals surface area contributed by atoms with E-state index in [1.165, 1.54) is 14.1 Å². The molecule has 4 amide bonds. The van der Waals surface area contributed by atoms with E-state index in [0.29, 0.717) is 18.1 Å². The molecule has 5 rings (SSSR count). The van der Waals surface area contributed by atoms with Crippen LogP contribution in [0.2, 0.25) is 5.02 Å². The van der Waals surface area contributed by atoms with Crippen LogP contribution < -0.4 is 9.80 Å². The number of benzene rings is 2. The Morgan fingerprint density at radius 2 is 1.58 bits per heavy atom. The molecule has 160 valence electrons. The number of carbonyl (C=O) groups excluding carboxylic acids is 3. The monoisotopic (exact) mass is 438 g/mol. The van der Waals surface area contributed by atoms with Gasteiger partial charge in [0.1, 0.15) is 0 Å². The van der Waals surface area contributed by atoms with Gasteiger partial charge in [0.15, 0.2) is 5.41 Å². The van der Waals surface area contributed by atoms with E-state index < -0.39 is 29.3 Å². The first kappa shape index (κ1) is 19.9. The third kappa shape index (κ3) is 2.69. The maximum atomic E-state index is 13.7. The minimum atomic E-state index is -1.41. The maximum Gasteiger partial charge on any atom is 0.332 e. The highest BCUT2D eigenvalue weighted by Gasteiger charge is 2.64. The van der Waals surface area contributed by atoms with Gasteiger partial charge in [-0.2, -0.15) is 0 Å². The summed E-state index contributed by atoms with van der Waals surface area (Å²) < 4.78 is 0. The second-order valence-electron chi connectivity index (χ2n) is 8.39. The number of amides is 4. The van der Waals surface area contributed by atoms with Crippen molar-refractivity contribution in [2.24, 2.45) is 5.41 Å². The zero-order valence-corrected chi connectivity index (χ0v) is 18.2. The summed E-state index contributed by atoms with van der Waals surface area (Å²) in [6.07, 6.45) is 0.172. The maximum absolute atomic E-state index is 13.7. The molecule has 31 heavy (non-hydrogen) atoms. The number of rotatable bonds is 1. The van der Waals surface area contributed by atoms with Crippen molar-refractivity contribution in [2.45, 2.75) is 12.5 Å². The highest BCUT2D eigenvalue weighted by molar-refractivity contribution is 6.32. The average molecular weight is 439 g/mol. The van der Waals surface area contributed by atoms with E-state index >= 15 is 0 Å². The van der Waals surface area contributed by atoms with Crippen molar-refractivity contribution in [2.75, 3.05) is 43.5 Å². The average Bonchev–Trinajstić information content (AvgIpc) is 2.81. The van der Waals surface area contributed by atoms with Gasteiger partial charge in [0.05, 0.1) is 6.04 Å². The lowest BCUT2D eigenvalue weighted by atomic mass is 9.67. The first-order valence-corrected chi connectivity index (χ1v) is 10.7. The smallest absolute Gasteiger partial charge is 0.332 e. The largest absolute Gasteiger partial charge is 0.368 e. The molecule has 3 aliphatic rings. The Balaban J connectivity index is 1.67. The van der Waals surface area contributed by atoms with Crippen LogP contribution in [0.15, 0.2) is 48.5 Å². The van der Waals surface area contributed by atoms with Crippen molar-refractivity contribution < 1.29 is 14.4 Å². The molecule has 2 aromatic carbocycles. The van der Waals surface area contributed by atoms with Gasteiger partial charge in [-0.25, -0.2) is 4.79 Å². The molecule has 0 bridgehead atoms. The summed E-state index contributed by atoms with van der Waals surface area (Å²) >= 11 is 6.54. The number of hydrogen-bond donors (Lipinski definition) is 0. The Bertz CT molecular complexity index is 1070. The Hall–Kier alpha value is -3.06. The zero-order valence-electron chi connectivity index (χ0n) is 17.4. The second kappa shape index (κ2) is 6.99. The van der Waals surface area contributed by atoms with Crippen LogP contribution in [0.5, 0.6) is 0 Å². The summed E-state index contributed by atoms with van der Waals surface area (Å²) in [6.45, 7) is 1.87. The van der Waals surface area contributed by atoms with Crippen LogP contribution >= 0.6 is 11.6 Å². The van der Waals surface area contributed by atoms with Gasteiger partial charge in [0.2, 0.25) is 11.8 Å². The molecule has 1 spiro atoms. The van der Waals surface area contributed by atoms with Crippen molar-refractivity contribution in [1.82, 2.24) is 9.80 Å². The summed E-state index contributed by atoms with van der Waals surface area (Å²) in [7, 11) is 2.89. The Morgan fingerprint density at radius 3 is 2.26 bits per heavy atom. The number of fused-ring (bicyclic) bond motifs is 4. The van der Waals surface area contributed by atoms with Gasteiger partial charge in [-0.3, -0.25) is 19.4 Å². The third-order valence-electron chi connectivity index (χ3n) is 6.88. The number of anilines is 2. The quantitative estimate of drug-likeness (QED) is 0.640. The van der Waals surface area contributed by atoms with Crippen LogP contribution in [0, 0.1) is 5.41 Å². The lowest BCUT2D eigenvalue weighted by Crippen LogP contribution is -2.74. The van der Waals surface area contributed by atoms with Gasteiger partial charge in [0.25, 0.3) is 0 Å². The zero-order chi connectivity index (χ0) is 21.9. The standard InChI is InChI=1S/C23H23ClN4O3/c1-25-20(29)23(21(30)26(2)22(25)31)13-16-17(24)9-6-10-18(16)28-12-11-27(14-19(23)28)15-7-4-3-5-8-15/h3-10,19H,11-14H2,1-2H3. The van der Waals surface area contributed by atoms with Gasteiger partial charge in [-0.05, 0) is 29.8 Å². The Kier molecular flexibility index (Phi) is 4.48. The molecule has 0 N–H and O–H groups in total. The molecule has 8 heteroatoms. The minimum absolute atomic E-state index is 0.172. The lowest BCUT2D eigenvalue weighted by Gasteiger charge is -2.56.